The van der Waals surface area contributed by atoms with Crippen LogP contribution in [-0.2, 0) is 0 Å². The molecule has 6 heteroatoms. The van der Waals surface area contributed by atoms with Gasteiger partial charge in [0.2, 0.25) is 0 Å². The van der Waals surface area contributed by atoms with E-state index in [1.807, 2.05) is 46.1 Å². The van der Waals surface area contributed by atoms with E-state index >= 15 is 0 Å². The van der Waals surface area contributed by atoms with Gasteiger partial charge in [-0.2, -0.15) is 0 Å². The van der Waals surface area contributed by atoms with Gasteiger partial charge in [0.1, 0.15) is 5.75 Å². The Balaban J connectivity index is 2.26. The number of nitrogens with zero attached hydrogens (tertiary/aromatic N) is 1. The minimum Gasteiger partial charge on any atom is -0.507 e. The van der Waals surface area contributed by atoms with Crippen LogP contribution >= 0.6 is 11.3 Å². The van der Waals surface area contributed by atoms with Gasteiger partial charge in [-0.1, -0.05) is 0 Å². The highest BCUT2D eigenvalue weighted by atomic mass is 32.1. The number of aromatic hydroxyl groups is 1. The van der Waals surface area contributed by atoms with E-state index in [0.717, 1.165) is 33.6 Å². The molecule has 130 valence electrons. The first-order valence-corrected chi connectivity index (χ1v) is 8.66. The molecule has 6 N–H and O–H groups in total. The van der Waals surface area contributed by atoms with Crippen molar-refractivity contribution in [3.05, 3.63) is 46.1 Å². The lowest BCUT2D eigenvalue weighted by atomic mass is 10.0. The molecule has 0 aliphatic rings. The van der Waals surface area contributed by atoms with E-state index in [-0.39, 0.29) is 5.75 Å². The Morgan fingerprint density at radius 3 is 2.71 bits per heavy atom. The van der Waals surface area contributed by atoms with Crippen LogP contribution in [0.1, 0.15) is 17.4 Å². The molecule has 1 aromatic carbocycles. The fourth-order valence-electron chi connectivity index (χ4n) is 2.44. The normalized spacial score (nSPS) is 13.5. The number of benzene rings is 1. The SMILES string of the molecule is CC(/C=C(\N)NCCN(C)C)=C(/N)c1ccc2sc(C)cc2c1O. The second-order valence-electron chi connectivity index (χ2n) is 6.16. The molecule has 2 aromatic rings. The maximum Gasteiger partial charge on any atom is 0.133 e. The minimum absolute atomic E-state index is 0.223. The zero-order chi connectivity index (χ0) is 17.9. The number of hydrogen-bond donors (Lipinski definition) is 4. The second-order valence-corrected chi connectivity index (χ2v) is 7.44. The third kappa shape index (κ3) is 4.21. The molecule has 0 aliphatic carbocycles. The van der Waals surface area contributed by atoms with Crippen LogP contribution in [-0.4, -0.2) is 37.2 Å². The predicted molar refractivity (Wildman–Crippen MR) is 104 cm³/mol. The van der Waals surface area contributed by atoms with Crippen LogP contribution in [0, 0.1) is 6.92 Å². The number of nitrogens with two attached hydrogens (primary N) is 2. The van der Waals surface area contributed by atoms with E-state index in [1.165, 1.54) is 0 Å². The topological polar surface area (TPSA) is 87.5 Å². The Bertz CT molecular complexity index is 790. The summed E-state index contributed by atoms with van der Waals surface area (Å²) in [5.41, 5.74) is 14.2. The van der Waals surface area contributed by atoms with E-state index in [0.29, 0.717) is 17.1 Å². The Morgan fingerprint density at radius 1 is 1.33 bits per heavy atom. The summed E-state index contributed by atoms with van der Waals surface area (Å²) in [6, 6.07) is 5.83. The first kappa shape index (κ1) is 18.2. The zero-order valence-corrected chi connectivity index (χ0v) is 15.5. The molecule has 0 aliphatic heterocycles. The van der Waals surface area contributed by atoms with Crippen LogP contribution in [0.25, 0.3) is 15.8 Å². The summed E-state index contributed by atoms with van der Waals surface area (Å²) in [6.45, 7) is 5.56. The monoisotopic (exact) mass is 346 g/mol. The molecule has 0 unspecified atom stereocenters. The van der Waals surface area contributed by atoms with E-state index < -0.39 is 0 Å². The number of phenolic OH excluding ortho intramolecular Hbond substituents is 1. The fraction of sp³-hybridized carbons (Fsp3) is 0.333. The number of phenols is 1. The molecule has 0 amide bonds. The van der Waals surface area contributed by atoms with Gasteiger partial charge in [0.15, 0.2) is 0 Å². The Hall–Kier alpha value is -2.18. The molecule has 5 nitrogen and oxygen atoms in total. The largest absolute Gasteiger partial charge is 0.507 e. The van der Waals surface area contributed by atoms with E-state index in [1.54, 1.807) is 17.4 Å². The Morgan fingerprint density at radius 2 is 2.04 bits per heavy atom. The van der Waals surface area contributed by atoms with Crippen molar-refractivity contribution in [3.63, 3.8) is 0 Å². The number of hydrogen-bond acceptors (Lipinski definition) is 6. The van der Waals surface area contributed by atoms with Gasteiger partial charge < -0.3 is 26.8 Å². The lowest BCUT2D eigenvalue weighted by molar-refractivity contribution is 0.407. The van der Waals surface area contributed by atoms with Gasteiger partial charge in [-0.15, -0.1) is 11.3 Å². The van der Waals surface area contributed by atoms with Crippen LogP contribution in [0.15, 0.2) is 35.7 Å². The predicted octanol–water partition coefficient (Wildman–Crippen LogP) is 2.56. The molecular formula is C18H26N4OS. The molecule has 0 bridgehead atoms. The van der Waals surface area contributed by atoms with Gasteiger partial charge in [0.05, 0.1) is 5.82 Å². The summed E-state index contributed by atoms with van der Waals surface area (Å²) in [4.78, 5) is 3.24. The number of rotatable bonds is 6. The molecule has 0 fully saturated rings. The maximum absolute atomic E-state index is 10.5. The zero-order valence-electron chi connectivity index (χ0n) is 14.7. The number of fused-ring (bicyclic) bond motifs is 1. The van der Waals surface area contributed by atoms with Gasteiger partial charge in [0.25, 0.3) is 0 Å². The van der Waals surface area contributed by atoms with Gasteiger partial charge in [-0.25, -0.2) is 0 Å². The highest BCUT2D eigenvalue weighted by Gasteiger charge is 2.12. The van der Waals surface area contributed by atoms with Crippen molar-refractivity contribution in [2.45, 2.75) is 13.8 Å². The molecule has 1 aromatic heterocycles. The molecule has 0 atom stereocenters. The summed E-state index contributed by atoms with van der Waals surface area (Å²) in [5, 5.41) is 14.5. The summed E-state index contributed by atoms with van der Waals surface area (Å²) in [6.07, 6.45) is 1.80. The van der Waals surface area contributed by atoms with Crippen LogP contribution in [0.3, 0.4) is 0 Å². The first-order chi connectivity index (χ1) is 11.3. The molecule has 24 heavy (non-hydrogen) atoms. The van der Waals surface area contributed by atoms with E-state index in [2.05, 4.69) is 10.2 Å². The van der Waals surface area contributed by atoms with Crippen molar-refractivity contribution >= 4 is 27.1 Å². The number of allylic oxidation sites excluding steroid dienone is 2. The summed E-state index contributed by atoms with van der Waals surface area (Å²) in [7, 11) is 4.02. The first-order valence-electron chi connectivity index (χ1n) is 7.84. The number of likely N-dealkylation sites (N-methyl/N-ethyl adjacent to an activating group) is 1. The van der Waals surface area contributed by atoms with Crippen molar-refractivity contribution in [1.29, 1.82) is 0 Å². The lowest BCUT2D eigenvalue weighted by Gasteiger charge is -2.12. The van der Waals surface area contributed by atoms with Crippen molar-refractivity contribution in [2.75, 3.05) is 27.2 Å². The average molecular weight is 347 g/mol. The highest BCUT2D eigenvalue weighted by Crippen LogP contribution is 2.36. The van der Waals surface area contributed by atoms with Gasteiger partial charge >= 0.3 is 0 Å². The van der Waals surface area contributed by atoms with Gasteiger partial charge in [0, 0.05) is 39.3 Å². The van der Waals surface area contributed by atoms with E-state index in [9.17, 15) is 5.11 Å². The average Bonchev–Trinajstić information content (AvgIpc) is 2.88. The van der Waals surface area contributed by atoms with Crippen LogP contribution in [0.4, 0.5) is 0 Å². The molecular weight excluding hydrogens is 320 g/mol. The Labute approximate surface area is 147 Å². The van der Waals surface area contributed by atoms with Crippen molar-refractivity contribution in [1.82, 2.24) is 10.2 Å². The van der Waals surface area contributed by atoms with Crippen LogP contribution in [0.2, 0.25) is 0 Å². The molecule has 1 heterocycles. The molecule has 0 saturated heterocycles. The quantitative estimate of drug-likeness (QED) is 0.604. The maximum atomic E-state index is 10.5. The van der Waals surface area contributed by atoms with Crippen LogP contribution < -0.4 is 16.8 Å². The third-order valence-corrected chi connectivity index (χ3v) is 4.79. The van der Waals surface area contributed by atoms with E-state index in [4.69, 9.17) is 11.5 Å². The lowest BCUT2D eigenvalue weighted by Crippen LogP contribution is -2.29. The van der Waals surface area contributed by atoms with Crippen molar-refractivity contribution in [2.24, 2.45) is 11.5 Å². The van der Waals surface area contributed by atoms with Crippen molar-refractivity contribution < 1.29 is 5.11 Å². The Kier molecular flexibility index (Phi) is 5.75. The number of aryl methyl sites for hydroxylation is 1. The van der Waals surface area contributed by atoms with Gasteiger partial charge in [-0.3, -0.25) is 0 Å². The second kappa shape index (κ2) is 7.59. The minimum atomic E-state index is 0.223. The molecule has 0 radical (unpaired) electrons. The third-order valence-electron chi connectivity index (χ3n) is 3.77. The summed E-state index contributed by atoms with van der Waals surface area (Å²) < 4.78 is 1.06. The standard InChI is InChI=1S/C18H26N4OS/c1-11(9-16(19)21-7-8-22(3)4)17(20)13-5-6-15-14(18(13)23)10-12(2)24-15/h5-6,9-10,21,23H,7-8,19-20H2,1-4H3/b16-9+,17-11-. The van der Waals surface area contributed by atoms with Crippen LogP contribution in [0.5, 0.6) is 5.75 Å². The molecule has 2 rings (SSSR count). The highest BCUT2D eigenvalue weighted by molar-refractivity contribution is 7.19. The summed E-state index contributed by atoms with van der Waals surface area (Å²) >= 11 is 1.65. The summed E-state index contributed by atoms with van der Waals surface area (Å²) in [5.74, 6) is 0.783. The molecule has 0 spiro atoms. The number of thiophene rings is 1. The number of nitrogens with one attached hydrogen (secondary N) is 1. The van der Waals surface area contributed by atoms with Gasteiger partial charge in [-0.05, 0) is 57.8 Å². The smallest absolute Gasteiger partial charge is 0.133 e. The van der Waals surface area contributed by atoms with Crippen molar-refractivity contribution in [3.8, 4) is 5.75 Å². The fourth-order valence-corrected chi connectivity index (χ4v) is 3.37. The molecule has 0 saturated carbocycles.